The second-order valence-corrected chi connectivity index (χ2v) is 7.66. The number of hydrogen-bond acceptors (Lipinski definition) is 9. The number of amides is 2. The first kappa shape index (κ1) is 25.2. The Morgan fingerprint density at radius 2 is 1.86 bits per heavy atom. The van der Waals surface area contributed by atoms with E-state index in [0.29, 0.717) is 13.0 Å². The number of nitrogens with zero attached hydrogens (tertiary/aromatic N) is 1. The average molecular weight is 430 g/mol. The lowest BCUT2D eigenvalue weighted by Crippen LogP contribution is -2.52. The summed E-state index contributed by atoms with van der Waals surface area (Å²) in [7, 11) is 0. The maximum absolute atomic E-state index is 12.6. The van der Waals surface area contributed by atoms with E-state index in [2.05, 4.69) is 23.3 Å². The molecule has 1 fully saturated rings. The van der Waals surface area contributed by atoms with Crippen LogP contribution in [0.25, 0.3) is 0 Å². The molecule has 1 saturated heterocycles. The number of rotatable bonds is 13. The van der Waals surface area contributed by atoms with Crippen molar-refractivity contribution < 1.29 is 24.0 Å². The van der Waals surface area contributed by atoms with Crippen LogP contribution in [0.5, 0.6) is 0 Å². The molecule has 0 aromatic carbocycles. The zero-order valence-corrected chi connectivity index (χ0v) is 17.7. The van der Waals surface area contributed by atoms with Crippen molar-refractivity contribution in [1.82, 2.24) is 15.5 Å². The van der Waals surface area contributed by atoms with Crippen LogP contribution in [0.3, 0.4) is 0 Å². The predicted octanol–water partition coefficient (Wildman–Crippen LogP) is -1.88. The molecule has 4 atom stereocenters. The topological polar surface area (TPSA) is 165 Å². The Hall–Kier alpha value is -1.82. The van der Waals surface area contributed by atoms with Gasteiger partial charge in [-0.15, -0.1) is 0 Å². The van der Waals surface area contributed by atoms with Gasteiger partial charge < -0.3 is 16.8 Å². The lowest BCUT2D eigenvalue weighted by molar-refractivity contribution is -0.131. The van der Waals surface area contributed by atoms with Crippen molar-refractivity contribution >= 4 is 41.8 Å². The largest absolute Gasteiger partial charge is 0.370 e. The Labute approximate surface area is 175 Å². The van der Waals surface area contributed by atoms with Gasteiger partial charge in [0.25, 0.3) is 0 Å². The summed E-state index contributed by atoms with van der Waals surface area (Å²) < 4.78 is 0. The molecule has 1 heterocycles. The Morgan fingerprint density at radius 1 is 1.21 bits per heavy atom. The highest BCUT2D eigenvalue weighted by Gasteiger charge is 2.33. The quantitative estimate of drug-likeness (QED) is 0.168. The van der Waals surface area contributed by atoms with Crippen molar-refractivity contribution in [2.75, 3.05) is 19.0 Å². The molecule has 1 aliphatic rings. The van der Waals surface area contributed by atoms with Gasteiger partial charge in [0.1, 0.15) is 0 Å². The van der Waals surface area contributed by atoms with Crippen LogP contribution in [-0.4, -0.2) is 77.2 Å². The van der Waals surface area contributed by atoms with Gasteiger partial charge in [0, 0.05) is 19.0 Å². The summed E-state index contributed by atoms with van der Waals surface area (Å²) in [6.45, 7) is 3.83. The van der Waals surface area contributed by atoms with Crippen molar-refractivity contribution in [3.8, 4) is 0 Å². The van der Waals surface area contributed by atoms with Crippen LogP contribution < -0.4 is 22.1 Å². The molecule has 0 saturated carbocycles. The number of likely N-dealkylation sites (tertiary alicyclic amines) is 1. The van der Waals surface area contributed by atoms with Gasteiger partial charge in [0.2, 0.25) is 11.8 Å². The SMILES string of the molecule is CC(=O)[C@H](CC(N)=O)NC(=O)[C@@H]1CCCN1CN[C@@H](C)C(=O)CC(=O)[C@@H](N)CS. The first-order valence-electron chi connectivity index (χ1n) is 9.55. The zero-order valence-electron chi connectivity index (χ0n) is 16.8. The van der Waals surface area contributed by atoms with Crippen molar-refractivity contribution in [3.05, 3.63) is 0 Å². The van der Waals surface area contributed by atoms with Gasteiger partial charge >= 0.3 is 0 Å². The maximum atomic E-state index is 12.6. The molecule has 0 aromatic rings. The minimum absolute atomic E-state index is 0.176. The second-order valence-electron chi connectivity index (χ2n) is 7.30. The molecule has 164 valence electrons. The Balaban J connectivity index is 2.58. The van der Waals surface area contributed by atoms with E-state index < -0.39 is 30.1 Å². The minimum Gasteiger partial charge on any atom is -0.370 e. The van der Waals surface area contributed by atoms with Crippen LogP contribution >= 0.6 is 12.6 Å². The van der Waals surface area contributed by atoms with Crippen LogP contribution in [0.2, 0.25) is 0 Å². The molecular weight excluding hydrogens is 398 g/mol. The van der Waals surface area contributed by atoms with Gasteiger partial charge in [-0.1, -0.05) is 0 Å². The van der Waals surface area contributed by atoms with E-state index in [0.717, 1.165) is 6.42 Å². The molecule has 0 bridgehead atoms. The summed E-state index contributed by atoms with van der Waals surface area (Å²) in [6.07, 6.45) is 0.845. The molecule has 1 rings (SSSR count). The van der Waals surface area contributed by atoms with E-state index in [-0.39, 0.29) is 48.5 Å². The molecule has 0 aromatic heterocycles. The second kappa shape index (κ2) is 12.0. The first-order chi connectivity index (χ1) is 13.6. The van der Waals surface area contributed by atoms with Crippen molar-refractivity contribution in [2.24, 2.45) is 11.5 Å². The van der Waals surface area contributed by atoms with E-state index in [1.165, 1.54) is 6.92 Å². The molecule has 10 nitrogen and oxygen atoms in total. The Bertz CT molecular complexity index is 644. The van der Waals surface area contributed by atoms with Crippen molar-refractivity contribution in [2.45, 2.75) is 63.7 Å². The van der Waals surface area contributed by atoms with Gasteiger partial charge in [-0.05, 0) is 26.7 Å². The number of nitrogens with one attached hydrogen (secondary N) is 2. The predicted molar refractivity (Wildman–Crippen MR) is 110 cm³/mol. The maximum Gasteiger partial charge on any atom is 0.237 e. The van der Waals surface area contributed by atoms with Crippen LogP contribution in [-0.2, 0) is 24.0 Å². The van der Waals surface area contributed by atoms with Crippen LogP contribution in [0, 0.1) is 0 Å². The van der Waals surface area contributed by atoms with Crippen molar-refractivity contribution in [1.29, 1.82) is 0 Å². The molecule has 0 spiro atoms. The lowest BCUT2D eigenvalue weighted by atomic mass is 10.1. The lowest BCUT2D eigenvalue weighted by Gasteiger charge is -2.27. The molecule has 29 heavy (non-hydrogen) atoms. The number of carbonyl (C=O) groups is 5. The molecule has 11 heteroatoms. The number of ketones is 3. The number of Topliss-reactive ketones (excluding diaryl/α,β-unsaturated/α-hetero) is 3. The highest BCUT2D eigenvalue weighted by atomic mass is 32.1. The number of nitrogens with two attached hydrogens (primary N) is 2. The molecule has 1 aliphatic heterocycles. The Kier molecular flexibility index (Phi) is 10.4. The number of hydrogen-bond donors (Lipinski definition) is 5. The fourth-order valence-electron chi connectivity index (χ4n) is 3.00. The van der Waals surface area contributed by atoms with E-state index in [9.17, 15) is 24.0 Å². The summed E-state index contributed by atoms with van der Waals surface area (Å²) >= 11 is 3.95. The molecule has 0 unspecified atom stereocenters. The summed E-state index contributed by atoms with van der Waals surface area (Å²) in [5.41, 5.74) is 10.7. The number of primary amides is 1. The fraction of sp³-hybridized carbons (Fsp3) is 0.722. The summed E-state index contributed by atoms with van der Waals surface area (Å²) in [5, 5.41) is 5.61. The standard InChI is InChI=1S/C18H31N5O5S/c1-10(15(25)7-16(26)12(19)8-29)21-9-23-5-3-4-14(23)18(28)22-13(11(2)24)6-17(20)27/h10,12-14,21,29H,3-9,19H2,1-2H3,(H2,20,27)(H,22,28)/t10-,12-,13-,14-/m0/s1. The van der Waals surface area contributed by atoms with Gasteiger partial charge in [-0.3, -0.25) is 34.2 Å². The highest BCUT2D eigenvalue weighted by molar-refractivity contribution is 7.80. The monoisotopic (exact) mass is 429 g/mol. The van der Waals surface area contributed by atoms with Gasteiger partial charge in [0.15, 0.2) is 17.3 Å². The van der Waals surface area contributed by atoms with E-state index in [1.54, 1.807) is 6.92 Å². The van der Waals surface area contributed by atoms with Crippen LogP contribution in [0.4, 0.5) is 0 Å². The van der Waals surface area contributed by atoms with Gasteiger partial charge in [-0.25, -0.2) is 0 Å². The highest BCUT2D eigenvalue weighted by Crippen LogP contribution is 2.17. The normalized spacial score (nSPS) is 19.9. The Morgan fingerprint density at radius 3 is 2.41 bits per heavy atom. The zero-order chi connectivity index (χ0) is 22.1. The summed E-state index contributed by atoms with van der Waals surface area (Å²) in [5.74, 6) is -1.85. The third kappa shape index (κ3) is 8.21. The summed E-state index contributed by atoms with van der Waals surface area (Å²) in [6, 6.07) is -2.79. The first-order valence-corrected chi connectivity index (χ1v) is 10.2. The molecule has 0 radical (unpaired) electrons. The minimum atomic E-state index is -0.946. The van der Waals surface area contributed by atoms with E-state index in [4.69, 9.17) is 11.5 Å². The van der Waals surface area contributed by atoms with E-state index >= 15 is 0 Å². The molecule has 2 amide bonds. The third-order valence-corrected chi connectivity index (χ3v) is 5.31. The molecule has 6 N–H and O–H groups in total. The molecule has 0 aliphatic carbocycles. The van der Waals surface area contributed by atoms with Crippen LogP contribution in [0.1, 0.15) is 39.5 Å². The number of thiol groups is 1. The van der Waals surface area contributed by atoms with Crippen LogP contribution in [0.15, 0.2) is 0 Å². The summed E-state index contributed by atoms with van der Waals surface area (Å²) in [4.78, 5) is 61.1. The number of carbonyl (C=O) groups excluding carboxylic acids is 5. The average Bonchev–Trinajstić information content (AvgIpc) is 3.12. The fourth-order valence-corrected chi connectivity index (χ4v) is 3.21. The van der Waals surface area contributed by atoms with Crippen molar-refractivity contribution in [3.63, 3.8) is 0 Å². The third-order valence-electron chi connectivity index (χ3n) is 4.92. The molecular formula is C18H31N5O5S. The van der Waals surface area contributed by atoms with E-state index in [1.807, 2.05) is 4.90 Å². The van der Waals surface area contributed by atoms with Gasteiger partial charge in [-0.2, -0.15) is 12.6 Å². The van der Waals surface area contributed by atoms with Gasteiger partial charge in [0.05, 0.1) is 37.0 Å². The smallest absolute Gasteiger partial charge is 0.237 e.